The minimum atomic E-state index is -0.0832. The van der Waals surface area contributed by atoms with E-state index in [1.807, 2.05) is 13.8 Å². The second kappa shape index (κ2) is 6.98. The first-order valence-corrected chi connectivity index (χ1v) is 7.96. The van der Waals surface area contributed by atoms with Crippen molar-refractivity contribution in [2.45, 2.75) is 20.0 Å². The van der Waals surface area contributed by atoms with E-state index in [9.17, 15) is 5.11 Å². The number of aromatic hydroxyl groups is 1. The average Bonchev–Trinajstić information content (AvgIpc) is 2.56. The highest BCUT2D eigenvalue weighted by Crippen LogP contribution is 2.36. The lowest BCUT2D eigenvalue weighted by molar-refractivity contribution is 0.244. The van der Waals surface area contributed by atoms with E-state index in [0.717, 1.165) is 0 Å². The number of halogens is 1. The van der Waals surface area contributed by atoms with E-state index in [4.69, 9.17) is 21.1 Å². The van der Waals surface area contributed by atoms with Crippen LogP contribution in [0.3, 0.4) is 0 Å². The third-order valence-electron chi connectivity index (χ3n) is 3.35. The summed E-state index contributed by atoms with van der Waals surface area (Å²) < 4.78 is 11.0. The summed E-state index contributed by atoms with van der Waals surface area (Å²) in [5, 5.41) is 14.0. The lowest BCUT2D eigenvalue weighted by Gasteiger charge is -2.16. The molecule has 0 aliphatic rings. The fraction of sp³-hybridized carbons (Fsp3) is 0.235. The van der Waals surface area contributed by atoms with Gasteiger partial charge in [0.05, 0.1) is 36.0 Å². The summed E-state index contributed by atoms with van der Waals surface area (Å²) >= 11 is 6.16. The van der Waals surface area contributed by atoms with Crippen LogP contribution < -0.4 is 14.8 Å². The van der Waals surface area contributed by atoms with Crippen LogP contribution in [0.4, 0.5) is 11.5 Å². The molecule has 0 amide bonds. The molecule has 2 heterocycles. The summed E-state index contributed by atoms with van der Waals surface area (Å²) in [4.78, 5) is 12.6. The van der Waals surface area contributed by atoms with Crippen LogP contribution in [0.25, 0.3) is 10.9 Å². The number of phenols is 1. The van der Waals surface area contributed by atoms with Gasteiger partial charge in [-0.25, -0.2) is 15.0 Å². The van der Waals surface area contributed by atoms with Crippen LogP contribution in [0.15, 0.2) is 30.7 Å². The molecule has 8 heteroatoms. The van der Waals surface area contributed by atoms with E-state index >= 15 is 0 Å². The van der Waals surface area contributed by atoms with Gasteiger partial charge in [-0.15, -0.1) is 0 Å². The molecule has 0 aliphatic carbocycles. The van der Waals surface area contributed by atoms with Gasteiger partial charge in [-0.2, -0.15) is 0 Å². The van der Waals surface area contributed by atoms with Crippen molar-refractivity contribution in [2.24, 2.45) is 0 Å². The van der Waals surface area contributed by atoms with Crippen molar-refractivity contribution in [3.8, 4) is 17.2 Å². The highest BCUT2D eigenvalue weighted by atomic mass is 35.5. The number of anilines is 2. The predicted octanol–water partition coefficient (Wildman–Crippen LogP) is 3.92. The Hall–Kier alpha value is -2.80. The molecule has 0 unspecified atom stereocenters. The number of hydrogen-bond acceptors (Lipinski definition) is 7. The second-order valence-electron chi connectivity index (χ2n) is 5.57. The van der Waals surface area contributed by atoms with Gasteiger partial charge in [0.15, 0.2) is 5.15 Å². The number of methoxy groups -OCH3 is 1. The summed E-state index contributed by atoms with van der Waals surface area (Å²) in [6.07, 6.45) is 2.84. The molecule has 130 valence electrons. The number of hydrogen-bond donors (Lipinski definition) is 2. The minimum Gasteiger partial charge on any atom is -0.508 e. The molecule has 0 bridgehead atoms. The summed E-state index contributed by atoms with van der Waals surface area (Å²) in [5.41, 5.74) is 1.07. The first-order valence-electron chi connectivity index (χ1n) is 7.59. The largest absolute Gasteiger partial charge is 0.508 e. The topological polar surface area (TPSA) is 89.4 Å². The normalized spacial score (nSPS) is 10.9. The van der Waals surface area contributed by atoms with Gasteiger partial charge in [0.1, 0.15) is 29.4 Å². The molecule has 2 aromatic heterocycles. The third kappa shape index (κ3) is 3.66. The Balaban J connectivity index is 2.13. The summed E-state index contributed by atoms with van der Waals surface area (Å²) in [6, 6.07) is 4.79. The third-order valence-corrected chi connectivity index (χ3v) is 3.65. The van der Waals surface area contributed by atoms with Gasteiger partial charge in [0, 0.05) is 18.2 Å². The van der Waals surface area contributed by atoms with Crippen LogP contribution in [0, 0.1) is 0 Å². The molecule has 0 radical (unpaired) electrons. The Labute approximate surface area is 149 Å². The predicted molar refractivity (Wildman–Crippen MR) is 96.0 cm³/mol. The molecular formula is C17H17ClN4O3. The van der Waals surface area contributed by atoms with Crippen molar-refractivity contribution < 1.29 is 14.6 Å². The van der Waals surface area contributed by atoms with Crippen LogP contribution in [0.5, 0.6) is 17.2 Å². The summed E-state index contributed by atoms with van der Waals surface area (Å²) in [6.45, 7) is 3.80. The van der Waals surface area contributed by atoms with E-state index < -0.39 is 0 Å². The molecule has 0 aliphatic heterocycles. The lowest BCUT2D eigenvalue weighted by atomic mass is 10.2. The number of rotatable bonds is 5. The lowest BCUT2D eigenvalue weighted by Crippen LogP contribution is -2.07. The Kier molecular flexibility index (Phi) is 4.76. The van der Waals surface area contributed by atoms with Crippen LogP contribution in [0.1, 0.15) is 13.8 Å². The van der Waals surface area contributed by atoms with E-state index in [2.05, 4.69) is 20.3 Å². The van der Waals surface area contributed by atoms with Gasteiger partial charge in [-0.3, -0.25) is 0 Å². The Morgan fingerprint density at radius 1 is 1.16 bits per heavy atom. The molecule has 2 N–H and O–H groups in total. The second-order valence-corrected chi connectivity index (χ2v) is 5.92. The number of nitrogens with zero attached hydrogens (tertiary/aromatic N) is 3. The number of benzene rings is 1. The number of aromatic nitrogens is 3. The Morgan fingerprint density at radius 2 is 1.96 bits per heavy atom. The molecule has 3 rings (SSSR count). The van der Waals surface area contributed by atoms with Gasteiger partial charge in [0.2, 0.25) is 0 Å². The van der Waals surface area contributed by atoms with Crippen LogP contribution in [-0.4, -0.2) is 33.3 Å². The fourth-order valence-corrected chi connectivity index (χ4v) is 2.49. The molecule has 7 nitrogen and oxygen atoms in total. The minimum absolute atomic E-state index is 0.0638. The molecule has 1 aromatic carbocycles. The van der Waals surface area contributed by atoms with Gasteiger partial charge >= 0.3 is 0 Å². The maximum Gasteiger partial charge on any atom is 0.152 e. The number of fused-ring (bicyclic) bond motifs is 1. The van der Waals surface area contributed by atoms with Gasteiger partial charge < -0.3 is 19.9 Å². The molecule has 0 atom stereocenters. The van der Waals surface area contributed by atoms with E-state index in [0.29, 0.717) is 33.9 Å². The summed E-state index contributed by atoms with van der Waals surface area (Å²) in [5.74, 6) is 1.58. The number of nitrogens with one attached hydrogen (secondary N) is 1. The molecule has 0 spiro atoms. The molecular weight excluding hydrogens is 344 g/mol. The SMILES string of the molecule is COc1cnc(Cl)c(Nc2ncnc3cc(O)cc(OC(C)C)c23)c1. The van der Waals surface area contributed by atoms with E-state index in [-0.39, 0.29) is 17.0 Å². The number of pyridine rings is 1. The summed E-state index contributed by atoms with van der Waals surface area (Å²) in [7, 11) is 1.55. The molecule has 25 heavy (non-hydrogen) atoms. The van der Waals surface area contributed by atoms with E-state index in [1.165, 1.54) is 18.6 Å². The standard InChI is InChI=1S/C17H17ClN4O3/c1-9(2)25-14-5-10(23)4-12-15(14)17(21-8-20-12)22-13-6-11(24-3)7-19-16(13)18/h4-9,23H,1-3H3,(H,20,21,22). The molecule has 0 saturated heterocycles. The Bertz CT molecular complexity index is 918. The molecule has 0 saturated carbocycles. The highest BCUT2D eigenvalue weighted by molar-refractivity contribution is 6.32. The number of ether oxygens (including phenoxy) is 2. The molecule has 0 fully saturated rings. The zero-order valence-electron chi connectivity index (χ0n) is 13.9. The smallest absolute Gasteiger partial charge is 0.152 e. The molecule has 3 aromatic rings. The first-order chi connectivity index (χ1) is 12.0. The fourth-order valence-electron chi connectivity index (χ4n) is 2.34. The van der Waals surface area contributed by atoms with Crippen molar-refractivity contribution in [2.75, 3.05) is 12.4 Å². The van der Waals surface area contributed by atoms with Gasteiger partial charge in [-0.05, 0) is 13.8 Å². The maximum atomic E-state index is 9.91. The van der Waals surface area contributed by atoms with Crippen molar-refractivity contribution in [3.63, 3.8) is 0 Å². The van der Waals surface area contributed by atoms with Crippen molar-refractivity contribution in [1.29, 1.82) is 0 Å². The first kappa shape index (κ1) is 17.0. The van der Waals surface area contributed by atoms with Gasteiger partial charge in [0.25, 0.3) is 0 Å². The Morgan fingerprint density at radius 3 is 2.68 bits per heavy atom. The number of phenolic OH excluding ortho intramolecular Hbond substituents is 1. The van der Waals surface area contributed by atoms with Gasteiger partial charge in [-0.1, -0.05) is 11.6 Å². The van der Waals surface area contributed by atoms with Crippen LogP contribution >= 0.6 is 11.6 Å². The highest BCUT2D eigenvalue weighted by Gasteiger charge is 2.15. The van der Waals surface area contributed by atoms with Crippen molar-refractivity contribution in [3.05, 3.63) is 35.9 Å². The van der Waals surface area contributed by atoms with E-state index in [1.54, 1.807) is 19.2 Å². The monoisotopic (exact) mass is 360 g/mol. The van der Waals surface area contributed by atoms with Crippen molar-refractivity contribution >= 4 is 34.0 Å². The van der Waals surface area contributed by atoms with Crippen LogP contribution in [0.2, 0.25) is 5.15 Å². The zero-order valence-corrected chi connectivity index (χ0v) is 14.7. The quantitative estimate of drug-likeness (QED) is 0.666. The zero-order chi connectivity index (χ0) is 18.0. The van der Waals surface area contributed by atoms with Crippen molar-refractivity contribution in [1.82, 2.24) is 15.0 Å². The average molecular weight is 361 g/mol. The van der Waals surface area contributed by atoms with Crippen LogP contribution in [-0.2, 0) is 0 Å². The maximum absolute atomic E-state index is 9.91.